The summed E-state index contributed by atoms with van der Waals surface area (Å²) < 4.78 is 5.49. The maximum atomic E-state index is 12.6. The Morgan fingerprint density at radius 2 is 1.93 bits per heavy atom. The van der Waals surface area contributed by atoms with Gasteiger partial charge in [0.25, 0.3) is 0 Å². The molecule has 27 heavy (non-hydrogen) atoms. The molecule has 3 rings (SSSR count). The molecule has 2 aromatic carbocycles. The molecule has 2 amide bonds. The quantitative estimate of drug-likeness (QED) is 0.758. The lowest BCUT2D eigenvalue weighted by atomic mass is 10.1. The number of amides is 2. The fraction of sp³-hybridized carbons (Fsp3) is 0.333. The zero-order chi connectivity index (χ0) is 19.2. The monoisotopic (exact) mass is 384 g/mol. The Kier molecular flexibility index (Phi) is 6.40. The van der Waals surface area contributed by atoms with Crippen molar-refractivity contribution < 1.29 is 14.3 Å². The number of carbonyl (C=O) groups excluding carboxylic acids is 2. The van der Waals surface area contributed by atoms with Gasteiger partial charge in [-0.1, -0.05) is 25.1 Å². The molecule has 1 aliphatic heterocycles. The molecular weight excluding hydrogens is 360 g/mol. The van der Waals surface area contributed by atoms with E-state index < -0.39 is 0 Å². The van der Waals surface area contributed by atoms with Crippen molar-refractivity contribution in [3.63, 3.8) is 0 Å². The van der Waals surface area contributed by atoms with Gasteiger partial charge in [0, 0.05) is 23.4 Å². The lowest BCUT2D eigenvalue weighted by Gasteiger charge is -2.26. The molecule has 1 aliphatic rings. The molecule has 0 spiro atoms. The molecule has 0 aromatic heterocycles. The largest absolute Gasteiger partial charge is 0.494 e. The van der Waals surface area contributed by atoms with Crippen LogP contribution >= 0.6 is 11.8 Å². The molecule has 1 fully saturated rings. The van der Waals surface area contributed by atoms with Crippen molar-refractivity contribution in [2.24, 2.45) is 0 Å². The van der Waals surface area contributed by atoms with Crippen LogP contribution in [0, 0.1) is 0 Å². The molecule has 1 saturated heterocycles. The second kappa shape index (κ2) is 8.95. The van der Waals surface area contributed by atoms with E-state index in [9.17, 15) is 9.59 Å². The first-order valence-corrected chi connectivity index (χ1v) is 10.2. The van der Waals surface area contributed by atoms with Gasteiger partial charge in [0.15, 0.2) is 0 Å². The molecule has 1 heterocycles. The van der Waals surface area contributed by atoms with Gasteiger partial charge in [-0.15, -0.1) is 11.8 Å². The SMILES string of the molecule is CCCC(=O)Nc1ccccc1C1SCC(=O)N1c1ccc(OCC)cc1. The first kappa shape index (κ1) is 19.3. The summed E-state index contributed by atoms with van der Waals surface area (Å²) in [4.78, 5) is 26.5. The van der Waals surface area contributed by atoms with Crippen molar-refractivity contribution >= 4 is 35.0 Å². The minimum Gasteiger partial charge on any atom is -0.494 e. The summed E-state index contributed by atoms with van der Waals surface area (Å²) in [5.74, 6) is 1.25. The Labute approximate surface area is 164 Å². The zero-order valence-corrected chi connectivity index (χ0v) is 16.4. The van der Waals surface area contributed by atoms with Gasteiger partial charge in [0.1, 0.15) is 11.1 Å². The number of thioether (sulfide) groups is 1. The standard InChI is InChI=1S/C21H24N2O3S/c1-3-7-19(24)22-18-9-6-5-8-17(18)21-23(20(25)14-27-21)15-10-12-16(13-11-15)26-4-2/h5-6,8-13,21H,3-4,7,14H2,1-2H3,(H,22,24). The van der Waals surface area contributed by atoms with Gasteiger partial charge in [-0.05, 0) is 43.7 Å². The summed E-state index contributed by atoms with van der Waals surface area (Å²) >= 11 is 1.57. The smallest absolute Gasteiger partial charge is 0.238 e. The number of carbonyl (C=O) groups is 2. The van der Waals surface area contributed by atoms with Crippen LogP contribution in [0.1, 0.15) is 37.6 Å². The van der Waals surface area contributed by atoms with Crippen molar-refractivity contribution in [1.29, 1.82) is 0 Å². The van der Waals surface area contributed by atoms with Crippen LogP contribution in [0.15, 0.2) is 48.5 Å². The average Bonchev–Trinajstić information content (AvgIpc) is 3.05. The van der Waals surface area contributed by atoms with Gasteiger partial charge in [0.05, 0.1) is 12.4 Å². The van der Waals surface area contributed by atoms with E-state index in [0.29, 0.717) is 18.8 Å². The number of ether oxygens (including phenoxy) is 1. The average molecular weight is 385 g/mol. The normalized spacial score (nSPS) is 16.4. The summed E-state index contributed by atoms with van der Waals surface area (Å²) in [6.07, 6.45) is 1.27. The van der Waals surface area contributed by atoms with Crippen molar-refractivity contribution in [3.8, 4) is 5.75 Å². The molecule has 6 heteroatoms. The van der Waals surface area contributed by atoms with Crippen LogP contribution in [0.5, 0.6) is 5.75 Å². The molecule has 5 nitrogen and oxygen atoms in total. The Morgan fingerprint density at radius 1 is 1.19 bits per heavy atom. The van der Waals surface area contributed by atoms with Gasteiger partial charge in [-0.25, -0.2) is 0 Å². The van der Waals surface area contributed by atoms with Crippen molar-refractivity contribution in [3.05, 3.63) is 54.1 Å². The van der Waals surface area contributed by atoms with Crippen molar-refractivity contribution in [2.75, 3.05) is 22.6 Å². The van der Waals surface area contributed by atoms with Crippen LogP contribution < -0.4 is 15.0 Å². The molecule has 1 unspecified atom stereocenters. The van der Waals surface area contributed by atoms with E-state index in [-0.39, 0.29) is 17.2 Å². The predicted octanol–water partition coefficient (Wildman–Crippen LogP) is 4.60. The Hall–Kier alpha value is -2.47. The summed E-state index contributed by atoms with van der Waals surface area (Å²) in [5.41, 5.74) is 2.53. The van der Waals surface area contributed by atoms with Gasteiger partial charge in [-0.3, -0.25) is 14.5 Å². The minimum absolute atomic E-state index is 0.00751. The van der Waals surface area contributed by atoms with E-state index in [0.717, 1.165) is 29.1 Å². The minimum atomic E-state index is -0.173. The third-order valence-electron chi connectivity index (χ3n) is 4.27. The van der Waals surface area contributed by atoms with Crippen LogP contribution in [0.25, 0.3) is 0 Å². The number of para-hydroxylation sites is 1. The molecule has 1 atom stereocenters. The van der Waals surface area contributed by atoms with E-state index in [2.05, 4.69) is 5.32 Å². The van der Waals surface area contributed by atoms with E-state index >= 15 is 0 Å². The first-order chi connectivity index (χ1) is 13.1. The van der Waals surface area contributed by atoms with E-state index in [1.54, 1.807) is 16.7 Å². The summed E-state index contributed by atoms with van der Waals surface area (Å²) in [5, 5.41) is 2.82. The van der Waals surface area contributed by atoms with E-state index in [1.165, 1.54) is 0 Å². The Bertz CT molecular complexity index is 807. The number of nitrogens with zero attached hydrogens (tertiary/aromatic N) is 1. The van der Waals surface area contributed by atoms with E-state index in [1.807, 2.05) is 62.4 Å². The Morgan fingerprint density at radius 3 is 2.63 bits per heavy atom. The second-order valence-corrected chi connectivity index (χ2v) is 7.31. The molecule has 142 valence electrons. The molecule has 1 N–H and O–H groups in total. The highest BCUT2D eigenvalue weighted by Gasteiger charge is 2.35. The molecule has 0 aliphatic carbocycles. The van der Waals surface area contributed by atoms with Crippen molar-refractivity contribution in [1.82, 2.24) is 0 Å². The fourth-order valence-corrected chi connectivity index (χ4v) is 4.28. The molecule has 0 saturated carbocycles. The first-order valence-electron chi connectivity index (χ1n) is 9.19. The van der Waals surface area contributed by atoms with Crippen LogP contribution in [0.3, 0.4) is 0 Å². The van der Waals surface area contributed by atoms with Crippen LogP contribution in [0.2, 0.25) is 0 Å². The number of hydrogen-bond donors (Lipinski definition) is 1. The van der Waals surface area contributed by atoms with Gasteiger partial charge in [0.2, 0.25) is 11.8 Å². The van der Waals surface area contributed by atoms with Crippen LogP contribution in [-0.4, -0.2) is 24.2 Å². The predicted molar refractivity (Wildman–Crippen MR) is 110 cm³/mol. The second-order valence-electron chi connectivity index (χ2n) is 6.24. The maximum absolute atomic E-state index is 12.6. The van der Waals surface area contributed by atoms with Crippen LogP contribution in [-0.2, 0) is 9.59 Å². The summed E-state index contributed by atoms with van der Waals surface area (Å²) in [6.45, 7) is 4.52. The molecule has 0 bridgehead atoms. The molecule has 0 radical (unpaired) electrons. The number of anilines is 2. The number of rotatable bonds is 7. The summed E-state index contributed by atoms with van der Waals surface area (Å²) in [7, 11) is 0. The highest BCUT2D eigenvalue weighted by atomic mass is 32.2. The number of nitrogens with one attached hydrogen (secondary N) is 1. The topological polar surface area (TPSA) is 58.6 Å². The number of hydrogen-bond acceptors (Lipinski definition) is 4. The molecule has 2 aromatic rings. The third-order valence-corrected chi connectivity index (χ3v) is 5.47. The maximum Gasteiger partial charge on any atom is 0.238 e. The van der Waals surface area contributed by atoms with Gasteiger partial charge < -0.3 is 10.1 Å². The van der Waals surface area contributed by atoms with Gasteiger partial charge in [-0.2, -0.15) is 0 Å². The Balaban J connectivity index is 1.89. The molecular formula is C21H24N2O3S. The highest BCUT2D eigenvalue weighted by molar-refractivity contribution is 8.00. The lowest BCUT2D eigenvalue weighted by Crippen LogP contribution is -2.28. The fourth-order valence-electron chi connectivity index (χ4n) is 3.07. The van der Waals surface area contributed by atoms with Crippen LogP contribution in [0.4, 0.5) is 11.4 Å². The third kappa shape index (κ3) is 4.45. The zero-order valence-electron chi connectivity index (χ0n) is 15.6. The van der Waals surface area contributed by atoms with Crippen molar-refractivity contribution in [2.45, 2.75) is 32.1 Å². The van der Waals surface area contributed by atoms with E-state index in [4.69, 9.17) is 4.74 Å². The van der Waals surface area contributed by atoms with Gasteiger partial charge >= 0.3 is 0 Å². The summed E-state index contributed by atoms with van der Waals surface area (Å²) in [6, 6.07) is 15.3. The number of benzene rings is 2. The lowest BCUT2D eigenvalue weighted by molar-refractivity contribution is -0.116. The highest BCUT2D eigenvalue weighted by Crippen LogP contribution is 2.44.